The molecule has 1 saturated carbocycles. The predicted molar refractivity (Wildman–Crippen MR) is 163 cm³/mol. The fraction of sp³-hybridized carbons (Fsp3) is 0.500. The van der Waals surface area contributed by atoms with Gasteiger partial charge in [-0.05, 0) is 97.3 Å². The molecule has 2 aromatic rings. The second-order valence-electron chi connectivity index (χ2n) is 12.7. The molecule has 7 nitrogen and oxygen atoms in total. The normalized spacial score (nSPS) is 27.1. The Hall–Kier alpha value is -3.23. The van der Waals surface area contributed by atoms with E-state index in [-0.39, 0.29) is 47.5 Å². The Bertz CT molecular complexity index is 1370. The zero-order valence-corrected chi connectivity index (χ0v) is 24.6. The molecule has 220 valence electrons. The summed E-state index contributed by atoms with van der Waals surface area (Å²) in [6, 6.07) is 12.9. The van der Waals surface area contributed by atoms with Crippen LogP contribution in [0.25, 0.3) is 11.6 Å². The molecule has 0 spiro atoms. The quantitative estimate of drug-likeness (QED) is 0.245. The number of carbonyl (C=O) groups is 2. The SMILES string of the molecule is CC(C)C1=C2[C@@H](CC/C(=C/c3ccc(O)cc3)c3ccccn3)OB(O)C[C@@H]2[C@@H]2C(=O)N(C3CCCCC3)C(=O)[C@@H]2C1. The van der Waals surface area contributed by atoms with Crippen LogP contribution in [0.15, 0.2) is 59.8 Å². The maximum atomic E-state index is 14.0. The van der Waals surface area contributed by atoms with E-state index in [0.29, 0.717) is 25.6 Å². The van der Waals surface area contributed by atoms with Gasteiger partial charge in [0.05, 0.1) is 23.6 Å². The van der Waals surface area contributed by atoms with Crippen molar-refractivity contribution in [1.29, 1.82) is 0 Å². The molecule has 0 unspecified atom stereocenters. The molecule has 4 aliphatic rings. The average molecular weight is 569 g/mol. The summed E-state index contributed by atoms with van der Waals surface area (Å²) in [7, 11) is -0.984. The molecule has 6 rings (SSSR count). The molecule has 8 heteroatoms. The first kappa shape index (κ1) is 28.9. The molecule has 42 heavy (non-hydrogen) atoms. The Kier molecular flexibility index (Phi) is 8.37. The molecule has 0 radical (unpaired) electrons. The number of likely N-dealkylation sites (tertiary alicyclic amines) is 1. The summed E-state index contributed by atoms with van der Waals surface area (Å²) >= 11 is 0. The summed E-state index contributed by atoms with van der Waals surface area (Å²) in [5.41, 5.74) is 5.19. The second-order valence-corrected chi connectivity index (χ2v) is 12.7. The molecule has 2 amide bonds. The Morgan fingerprint density at radius 2 is 1.83 bits per heavy atom. The maximum absolute atomic E-state index is 14.0. The topological polar surface area (TPSA) is 100.0 Å². The highest BCUT2D eigenvalue weighted by molar-refractivity contribution is 6.43. The van der Waals surface area contributed by atoms with Crippen LogP contribution in [0.1, 0.15) is 76.5 Å². The van der Waals surface area contributed by atoms with E-state index < -0.39 is 13.0 Å². The minimum atomic E-state index is -0.984. The van der Waals surface area contributed by atoms with Gasteiger partial charge in [-0.15, -0.1) is 0 Å². The lowest BCUT2D eigenvalue weighted by molar-refractivity contribution is -0.143. The highest BCUT2D eigenvalue weighted by atomic mass is 16.5. The first-order valence-electron chi connectivity index (χ1n) is 15.7. The lowest BCUT2D eigenvalue weighted by Gasteiger charge is -2.44. The number of benzene rings is 1. The minimum Gasteiger partial charge on any atom is -0.508 e. The van der Waals surface area contributed by atoms with Gasteiger partial charge in [0.15, 0.2) is 0 Å². The van der Waals surface area contributed by atoms with Gasteiger partial charge in [-0.2, -0.15) is 0 Å². The van der Waals surface area contributed by atoms with Crippen LogP contribution in [0, 0.1) is 23.7 Å². The second kappa shape index (κ2) is 12.2. The van der Waals surface area contributed by atoms with E-state index in [1.54, 1.807) is 23.2 Å². The molecular weight excluding hydrogens is 527 g/mol. The van der Waals surface area contributed by atoms with Gasteiger partial charge in [0, 0.05) is 12.2 Å². The van der Waals surface area contributed by atoms with E-state index in [0.717, 1.165) is 54.5 Å². The number of aromatic hydroxyl groups is 1. The van der Waals surface area contributed by atoms with Crippen molar-refractivity contribution in [2.45, 2.75) is 83.7 Å². The fourth-order valence-corrected chi connectivity index (χ4v) is 7.86. The van der Waals surface area contributed by atoms with E-state index in [1.165, 1.54) is 5.57 Å². The molecule has 2 aliphatic carbocycles. The number of rotatable bonds is 7. The number of aromatic nitrogens is 1. The molecule has 0 bridgehead atoms. The number of hydrogen-bond donors (Lipinski definition) is 2. The van der Waals surface area contributed by atoms with Crippen molar-refractivity contribution >= 4 is 30.6 Å². The van der Waals surface area contributed by atoms with Crippen molar-refractivity contribution in [3.05, 3.63) is 71.1 Å². The van der Waals surface area contributed by atoms with Crippen LogP contribution in [-0.2, 0) is 14.2 Å². The number of fused-ring (bicyclic) bond motifs is 3. The van der Waals surface area contributed by atoms with Crippen LogP contribution in [-0.4, -0.2) is 51.1 Å². The number of imide groups is 1. The van der Waals surface area contributed by atoms with E-state index >= 15 is 0 Å². The number of phenolic OH excluding ortho intramolecular Hbond substituents is 1. The van der Waals surface area contributed by atoms with Crippen LogP contribution in [0.5, 0.6) is 5.75 Å². The van der Waals surface area contributed by atoms with E-state index in [1.807, 2.05) is 30.3 Å². The number of amides is 2. The third kappa shape index (κ3) is 5.59. The lowest BCUT2D eigenvalue weighted by Crippen LogP contribution is -2.47. The number of allylic oxidation sites excluding steroid dienone is 2. The lowest BCUT2D eigenvalue weighted by atomic mass is 9.57. The first-order valence-corrected chi connectivity index (χ1v) is 15.7. The van der Waals surface area contributed by atoms with Gasteiger partial charge in [-0.3, -0.25) is 19.5 Å². The van der Waals surface area contributed by atoms with Gasteiger partial charge in [-0.25, -0.2) is 0 Å². The highest BCUT2D eigenvalue weighted by Crippen LogP contribution is 2.52. The molecule has 3 fully saturated rings. The summed E-state index contributed by atoms with van der Waals surface area (Å²) < 4.78 is 6.25. The van der Waals surface area contributed by atoms with Gasteiger partial charge in [0.1, 0.15) is 5.75 Å². The van der Waals surface area contributed by atoms with Crippen LogP contribution in [0.3, 0.4) is 0 Å². The van der Waals surface area contributed by atoms with Crippen molar-refractivity contribution in [2.75, 3.05) is 0 Å². The Morgan fingerprint density at radius 1 is 1.07 bits per heavy atom. The third-order valence-electron chi connectivity index (χ3n) is 9.82. The van der Waals surface area contributed by atoms with Crippen LogP contribution in [0.2, 0.25) is 6.32 Å². The Morgan fingerprint density at radius 3 is 2.52 bits per heavy atom. The molecule has 2 aliphatic heterocycles. The number of hydrogen-bond acceptors (Lipinski definition) is 6. The summed E-state index contributed by atoms with van der Waals surface area (Å²) in [5, 5.41) is 20.7. The molecular formula is C34H41BN2O5. The van der Waals surface area contributed by atoms with Gasteiger partial charge >= 0.3 is 7.12 Å². The Balaban J connectivity index is 1.31. The van der Waals surface area contributed by atoms with Crippen molar-refractivity contribution < 1.29 is 24.4 Å². The van der Waals surface area contributed by atoms with Gasteiger partial charge in [-0.1, -0.05) is 56.9 Å². The molecule has 2 N–H and O–H groups in total. The number of nitrogens with zero attached hydrogens (tertiary/aromatic N) is 2. The monoisotopic (exact) mass is 568 g/mol. The minimum absolute atomic E-state index is 0.000834. The van der Waals surface area contributed by atoms with Crippen molar-refractivity contribution in [3.63, 3.8) is 0 Å². The summed E-state index contributed by atoms with van der Waals surface area (Å²) in [5.74, 6) is -0.556. The van der Waals surface area contributed by atoms with E-state index in [4.69, 9.17) is 4.65 Å². The summed E-state index contributed by atoms with van der Waals surface area (Å²) in [4.78, 5) is 34.0. The van der Waals surface area contributed by atoms with Crippen LogP contribution in [0.4, 0.5) is 0 Å². The highest BCUT2D eigenvalue weighted by Gasteiger charge is 2.58. The zero-order valence-electron chi connectivity index (χ0n) is 24.6. The predicted octanol–water partition coefficient (Wildman–Crippen LogP) is 5.89. The largest absolute Gasteiger partial charge is 0.508 e. The van der Waals surface area contributed by atoms with E-state index in [9.17, 15) is 19.7 Å². The number of carbonyl (C=O) groups excluding carboxylic acids is 2. The molecule has 1 aromatic carbocycles. The number of phenols is 1. The van der Waals surface area contributed by atoms with Crippen LogP contribution >= 0.6 is 0 Å². The first-order chi connectivity index (χ1) is 20.3. The van der Waals surface area contributed by atoms with Gasteiger partial charge in [0.25, 0.3) is 0 Å². The smallest absolute Gasteiger partial charge is 0.455 e. The van der Waals surface area contributed by atoms with Gasteiger partial charge in [0.2, 0.25) is 11.8 Å². The maximum Gasteiger partial charge on any atom is 0.455 e. The molecule has 1 aromatic heterocycles. The fourth-order valence-electron chi connectivity index (χ4n) is 7.86. The van der Waals surface area contributed by atoms with Crippen molar-refractivity contribution in [1.82, 2.24) is 9.88 Å². The van der Waals surface area contributed by atoms with Gasteiger partial charge < -0.3 is 14.8 Å². The standard InChI is InChI=1S/C34H41BN2O5/c1-21(2)26-19-27-32(34(40)37(33(27)39)24-8-4-3-5-9-24)28-20-35(41)42-30(31(26)28)16-13-23(29-10-6-7-17-36-29)18-22-11-14-25(38)15-12-22/h6-7,10-12,14-15,17-18,21,24,27-28,30,32,38,41H,3-5,8-9,13,16,19-20H2,1-2H3/b23-18-/t27-,28+,30-,32-/m1/s1. The molecule has 4 atom stereocenters. The van der Waals surface area contributed by atoms with Crippen molar-refractivity contribution in [2.24, 2.45) is 23.7 Å². The Labute approximate surface area is 248 Å². The zero-order chi connectivity index (χ0) is 29.4. The van der Waals surface area contributed by atoms with E-state index in [2.05, 4.69) is 24.9 Å². The summed E-state index contributed by atoms with van der Waals surface area (Å²) in [6.45, 7) is 4.32. The third-order valence-corrected chi connectivity index (χ3v) is 9.82. The average Bonchev–Trinajstić information content (AvgIpc) is 3.25. The number of pyridine rings is 1. The van der Waals surface area contributed by atoms with Crippen LogP contribution < -0.4 is 0 Å². The molecule has 2 saturated heterocycles. The summed E-state index contributed by atoms with van der Waals surface area (Å²) in [6.07, 6.45) is 10.8. The van der Waals surface area contributed by atoms with Crippen molar-refractivity contribution in [3.8, 4) is 5.75 Å². The molecule has 3 heterocycles.